The van der Waals surface area contributed by atoms with Gasteiger partial charge < -0.3 is 4.74 Å². The van der Waals surface area contributed by atoms with E-state index in [1.165, 1.54) is 12.1 Å². The van der Waals surface area contributed by atoms with Crippen LogP contribution in [0.5, 0.6) is 5.75 Å². The molecule has 2 rings (SSSR count). The van der Waals surface area contributed by atoms with Gasteiger partial charge in [-0.05, 0) is 24.1 Å². The lowest BCUT2D eigenvalue weighted by Crippen LogP contribution is -1.97. The summed E-state index contributed by atoms with van der Waals surface area (Å²) in [5.41, 5.74) is 0.736. The molecule has 1 heterocycles. The number of benzene rings is 1. The minimum Gasteiger partial charge on any atom is -0.486 e. The second kappa shape index (κ2) is 5.87. The minimum absolute atomic E-state index is 0.120. The van der Waals surface area contributed by atoms with E-state index in [9.17, 15) is 4.39 Å². The average molecular weight is 269 g/mol. The first kappa shape index (κ1) is 12.9. The Labute approximate surface area is 110 Å². The van der Waals surface area contributed by atoms with Crippen molar-refractivity contribution >= 4 is 11.6 Å². The topological polar surface area (TPSA) is 27.1 Å². The fourth-order valence-corrected chi connectivity index (χ4v) is 1.68. The number of aryl methyl sites for hydroxylation is 1. The van der Waals surface area contributed by atoms with E-state index in [1.807, 2.05) is 10.9 Å². The summed E-state index contributed by atoms with van der Waals surface area (Å²) in [6.45, 7) is 3.24. The maximum absolute atomic E-state index is 13.2. The second-order valence-corrected chi connectivity index (χ2v) is 4.38. The van der Waals surface area contributed by atoms with Crippen molar-refractivity contribution in [3.05, 3.63) is 47.0 Å². The van der Waals surface area contributed by atoms with Gasteiger partial charge in [-0.15, -0.1) is 0 Å². The number of ether oxygens (including phenoxy) is 1. The third kappa shape index (κ3) is 3.23. The predicted molar refractivity (Wildman–Crippen MR) is 68.3 cm³/mol. The van der Waals surface area contributed by atoms with Crippen molar-refractivity contribution in [3.63, 3.8) is 0 Å². The van der Waals surface area contributed by atoms with E-state index in [1.54, 1.807) is 12.3 Å². The first-order chi connectivity index (χ1) is 8.69. The molecule has 0 N–H and O–H groups in total. The molecule has 0 unspecified atom stereocenters. The molecule has 1 aromatic carbocycles. The van der Waals surface area contributed by atoms with E-state index >= 15 is 0 Å². The number of aromatic nitrogens is 2. The molecule has 5 heteroatoms. The van der Waals surface area contributed by atoms with Gasteiger partial charge in [-0.2, -0.15) is 5.10 Å². The summed E-state index contributed by atoms with van der Waals surface area (Å²) in [7, 11) is 0. The van der Waals surface area contributed by atoms with Crippen LogP contribution in [0.3, 0.4) is 0 Å². The molecular formula is C13H14ClFN2O. The normalized spacial score (nSPS) is 10.6. The Morgan fingerprint density at radius 3 is 3.00 bits per heavy atom. The van der Waals surface area contributed by atoms with Crippen LogP contribution in [0.2, 0.25) is 5.02 Å². The number of halogens is 2. The van der Waals surface area contributed by atoms with Crippen molar-refractivity contribution in [2.24, 2.45) is 0 Å². The predicted octanol–water partition coefficient (Wildman–Crippen LogP) is 3.66. The highest BCUT2D eigenvalue weighted by Crippen LogP contribution is 2.17. The van der Waals surface area contributed by atoms with E-state index < -0.39 is 5.82 Å². The molecule has 96 valence electrons. The molecule has 0 saturated carbocycles. The fourth-order valence-electron chi connectivity index (χ4n) is 1.57. The maximum atomic E-state index is 13.2. The molecular weight excluding hydrogens is 255 g/mol. The number of rotatable bonds is 5. The lowest BCUT2D eigenvalue weighted by molar-refractivity contribution is 0.305. The van der Waals surface area contributed by atoms with Gasteiger partial charge in [-0.1, -0.05) is 24.6 Å². The van der Waals surface area contributed by atoms with Gasteiger partial charge in [-0.25, -0.2) is 4.39 Å². The van der Waals surface area contributed by atoms with Gasteiger partial charge in [-0.3, -0.25) is 4.68 Å². The smallest absolute Gasteiger partial charge is 0.157 e. The van der Waals surface area contributed by atoms with Crippen LogP contribution in [0, 0.1) is 5.82 Å². The summed E-state index contributed by atoms with van der Waals surface area (Å²) in [5.74, 6) is 0.248. The summed E-state index contributed by atoms with van der Waals surface area (Å²) in [6.07, 6.45) is 4.50. The van der Waals surface area contributed by atoms with Crippen LogP contribution < -0.4 is 4.74 Å². The van der Waals surface area contributed by atoms with Crippen molar-refractivity contribution in [3.8, 4) is 5.75 Å². The van der Waals surface area contributed by atoms with Gasteiger partial charge >= 0.3 is 0 Å². The molecule has 2 aromatic rings. The molecule has 0 aliphatic heterocycles. The molecule has 18 heavy (non-hydrogen) atoms. The second-order valence-electron chi connectivity index (χ2n) is 3.98. The van der Waals surface area contributed by atoms with Gasteiger partial charge in [0.2, 0.25) is 0 Å². The largest absolute Gasteiger partial charge is 0.486 e. The lowest BCUT2D eigenvalue weighted by Gasteiger charge is -2.04. The highest BCUT2D eigenvalue weighted by Gasteiger charge is 2.03. The summed E-state index contributed by atoms with van der Waals surface area (Å²) in [4.78, 5) is 0. The lowest BCUT2D eigenvalue weighted by atomic mass is 10.2. The standard InChI is InChI=1S/C13H14ClFN2O/c1-2-5-17-8-11(7-16-17)18-9-10-3-4-12(14)13(15)6-10/h3-4,6-8H,2,5,9H2,1H3. The average Bonchev–Trinajstić information content (AvgIpc) is 2.79. The van der Waals surface area contributed by atoms with Crippen LogP contribution in [-0.2, 0) is 13.2 Å². The summed E-state index contributed by atoms with van der Waals surface area (Å²) < 4.78 is 20.5. The molecule has 1 aromatic heterocycles. The molecule has 0 amide bonds. The Kier molecular flexibility index (Phi) is 4.20. The van der Waals surface area contributed by atoms with Crippen LogP contribution in [0.4, 0.5) is 4.39 Å². The van der Waals surface area contributed by atoms with Gasteiger partial charge in [0.1, 0.15) is 12.4 Å². The molecule has 0 atom stereocenters. The van der Waals surface area contributed by atoms with Crippen molar-refractivity contribution < 1.29 is 9.13 Å². The third-order valence-corrected chi connectivity index (χ3v) is 2.76. The van der Waals surface area contributed by atoms with Crippen LogP contribution >= 0.6 is 11.6 Å². The molecule has 0 fully saturated rings. The Morgan fingerprint density at radius 2 is 2.28 bits per heavy atom. The van der Waals surface area contributed by atoms with E-state index in [0.29, 0.717) is 12.4 Å². The first-order valence-corrected chi connectivity index (χ1v) is 6.16. The number of hydrogen-bond donors (Lipinski definition) is 0. The molecule has 0 radical (unpaired) electrons. The van der Waals surface area contributed by atoms with E-state index in [-0.39, 0.29) is 5.02 Å². The fraction of sp³-hybridized carbons (Fsp3) is 0.308. The zero-order valence-electron chi connectivity index (χ0n) is 10.1. The van der Waals surface area contributed by atoms with Gasteiger partial charge in [0.15, 0.2) is 5.75 Å². The molecule has 3 nitrogen and oxygen atoms in total. The van der Waals surface area contributed by atoms with Crippen molar-refractivity contribution in [2.45, 2.75) is 26.5 Å². The zero-order chi connectivity index (χ0) is 13.0. The van der Waals surface area contributed by atoms with Crippen LogP contribution in [0.15, 0.2) is 30.6 Å². The molecule has 0 spiro atoms. The number of hydrogen-bond acceptors (Lipinski definition) is 2. The van der Waals surface area contributed by atoms with Crippen LogP contribution in [0.25, 0.3) is 0 Å². The van der Waals surface area contributed by atoms with Crippen LogP contribution in [0.1, 0.15) is 18.9 Å². The molecule has 0 aliphatic carbocycles. The highest BCUT2D eigenvalue weighted by molar-refractivity contribution is 6.30. The summed E-state index contributed by atoms with van der Waals surface area (Å²) >= 11 is 5.61. The number of nitrogens with zero attached hydrogens (tertiary/aromatic N) is 2. The van der Waals surface area contributed by atoms with E-state index in [0.717, 1.165) is 18.5 Å². The molecule has 0 aliphatic rings. The van der Waals surface area contributed by atoms with E-state index in [4.69, 9.17) is 16.3 Å². The maximum Gasteiger partial charge on any atom is 0.157 e. The minimum atomic E-state index is -0.431. The highest BCUT2D eigenvalue weighted by atomic mass is 35.5. The SMILES string of the molecule is CCCn1cc(OCc2ccc(Cl)c(F)c2)cn1. The molecule has 0 bridgehead atoms. The molecule has 0 saturated heterocycles. The van der Waals surface area contributed by atoms with Gasteiger partial charge in [0.25, 0.3) is 0 Å². The Bertz CT molecular complexity index is 527. The van der Waals surface area contributed by atoms with Gasteiger partial charge in [0.05, 0.1) is 17.4 Å². The van der Waals surface area contributed by atoms with Gasteiger partial charge in [0, 0.05) is 6.54 Å². The summed E-state index contributed by atoms with van der Waals surface area (Å²) in [6, 6.07) is 4.64. The summed E-state index contributed by atoms with van der Waals surface area (Å²) in [5, 5.41) is 4.27. The van der Waals surface area contributed by atoms with Crippen molar-refractivity contribution in [1.29, 1.82) is 0 Å². The monoisotopic (exact) mass is 268 g/mol. The van der Waals surface area contributed by atoms with Crippen molar-refractivity contribution in [2.75, 3.05) is 0 Å². The third-order valence-electron chi connectivity index (χ3n) is 2.45. The Hall–Kier alpha value is -1.55. The van der Waals surface area contributed by atoms with Crippen molar-refractivity contribution in [1.82, 2.24) is 9.78 Å². The zero-order valence-corrected chi connectivity index (χ0v) is 10.8. The van der Waals surface area contributed by atoms with Crippen LogP contribution in [-0.4, -0.2) is 9.78 Å². The Morgan fingerprint density at radius 1 is 1.44 bits per heavy atom. The first-order valence-electron chi connectivity index (χ1n) is 5.78. The Balaban J connectivity index is 1.95. The quantitative estimate of drug-likeness (QED) is 0.827. The van der Waals surface area contributed by atoms with E-state index in [2.05, 4.69) is 12.0 Å².